The van der Waals surface area contributed by atoms with E-state index < -0.39 is 0 Å². The Hall–Kier alpha value is -2.93. The Kier molecular flexibility index (Phi) is 5.02. The van der Waals surface area contributed by atoms with E-state index in [1.54, 1.807) is 12.1 Å². The van der Waals surface area contributed by atoms with Crippen molar-refractivity contribution in [1.82, 2.24) is 4.90 Å². The highest BCUT2D eigenvalue weighted by atomic mass is 16.6. The van der Waals surface area contributed by atoms with Crippen LogP contribution in [0.15, 0.2) is 59.8 Å². The van der Waals surface area contributed by atoms with Crippen molar-refractivity contribution >= 4 is 17.1 Å². The number of para-hydroxylation sites is 1. The Morgan fingerprint density at radius 1 is 1.07 bits per heavy atom. The molecular formula is C20H22N4O3. The van der Waals surface area contributed by atoms with Gasteiger partial charge in [0.15, 0.2) is 0 Å². The standard InChI is InChI=1S/C20H22N4O3/c25-24(26)18-8-4-5-16(13-18)20-14-19(27-21-20)15-22-9-11-23(12-10-22)17-6-2-1-3-7-17/h1-8,13,19H,9-12,14-15H2. The minimum Gasteiger partial charge on any atom is -0.390 e. The van der Waals surface area contributed by atoms with Crippen LogP contribution in [0.2, 0.25) is 0 Å². The molecule has 1 fully saturated rings. The molecule has 0 aliphatic carbocycles. The number of nitro groups is 1. The third kappa shape index (κ3) is 4.09. The van der Waals surface area contributed by atoms with Gasteiger partial charge in [0.2, 0.25) is 0 Å². The summed E-state index contributed by atoms with van der Waals surface area (Å²) < 4.78 is 0. The van der Waals surface area contributed by atoms with Gasteiger partial charge in [0.25, 0.3) is 5.69 Å². The van der Waals surface area contributed by atoms with Crippen molar-refractivity contribution < 1.29 is 9.76 Å². The van der Waals surface area contributed by atoms with Crippen LogP contribution in [0, 0.1) is 10.1 Å². The Labute approximate surface area is 158 Å². The summed E-state index contributed by atoms with van der Waals surface area (Å²) >= 11 is 0. The number of non-ortho nitro benzene ring substituents is 1. The average molecular weight is 366 g/mol. The second kappa shape index (κ2) is 7.75. The summed E-state index contributed by atoms with van der Waals surface area (Å²) in [6.07, 6.45) is 0.683. The zero-order valence-corrected chi connectivity index (χ0v) is 15.0. The van der Waals surface area contributed by atoms with E-state index >= 15 is 0 Å². The summed E-state index contributed by atoms with van der Waals surface area (Å²) in [6, 6.07) is 17.1. The van der Waals surface area contributed by atoms with E-state index in [9.17, 15) is 10.1 Å². The SMILES string of the molecule is O=[N+]([O-])c1cccc(C2=NOC(CN3CCN(c4ccccc4)CC3)C2)c1. The molecule has 1 saturated heterocycles. The fourth-order valence-electron chi connectivity index (χ4n) is 3.61. The van der Waals surface area contributed by atoms with Gasteiger partial charge in [-0.15, -0.1) is 0 Å². The minimum absolute atomic E-state index is 0.00235. The number of hydrogen-bond donors (Lipinski definition) is 0. The van der Waals surface area contributed by atoms with Crippen molar-refractivity contribution in [2.45, 2.75) is 12.5 Å². The van der Waals surface area contributed by atoms with Crippen molar-refractivity contribution in [3.05, 3.63) is 70.3 Å². The number of piperazine rings is 1. The molecule has 4 rings (SSSR count). The molecule has 0 bridgehead atoms. The molecule has 140 valence electrons. The van der Waals surface area contributed by atoms with Gasteiger partial charge >= 0.3 is 0 Å². The van der Waals surface area contributed by atoms with Crippen LogP contribution < -0.4 is 4.90 Å². The molecule has 27 heavy (non-hydrogen) atoms. The third-order valence-corrected chi connectivity index (χ3v) is 5.08. The maximum Gasteiger partial charge on any atom is 0.270 e. The zero-order valence-electron chi connectivity index (χ0n) is 15.0. The smallest absolute Gasteiger partial charge is 0.270 e. The Morgan fingerprint density at radius 3 is 2.59 bits per heavy atom. The number of anilines is 1. The largest absolute Gasteiger partial charge is 0.390 e. The molecule has 0 saturated carbocycles. The van der Waals surface area contributed by atoms with Gasteiger partial charge in [0.05, 0.1) is 10.6 Å². The molecule has 7 heteroatoms. The summed E-state index contributed by atoms with van der Waals surface area (Å²) in [7, 11) is 0. The van der Waals surface area contributed by atoms with Crippen molar-refractivity contribution in [1.29, 1.82) is 0 Å². The summed E-state index contributed by atoms with van der Waals surface area (Å²) in [5.41, 5.74) is 2.90. The summed E-state index contributed by atoms with van der Waals surface area (Å²) in [6.45, 7) is 4.79. The molecular weight excluding hydrogens is 344 g/mol. The van der Waals surface area contributed by atoms with Gasteiger partial charge in [0.1, 0.15) is 6.10 Å². The number of hydrogen-bond acceptors (Lipinski definition) is 6. The molecule has 2 heterocycles. The minimum atomic E-state index is -0.385. The number of nitrogens with zero attached hydrogens (tertiary/aromatic N) is 4. The Balaban J connectivity index is 1.29. The van der Waals surface area contributed by atoms with Gasteiger partial charge in [-0.1, -0.05) is 35.5 Å². The Morgan fingerprint density at radius 2 is 1.85 bits per heavy atom. The van der Waals surface area contributed by atoms with E-state index in [0.29, 0.717) is 6.42 Å². The molecule has 0 amide bonds. The van der Waals surface area contributed by atoms with Crippen LogP contribution in [0.1, 0.15) is 12.0 Å². The van der Waals surface area contributed by atoms with E-state index in [-0.39, 0.29) is 16.7 Å². The first kappa shape index (κ1) is 17.5. The highest BCUT2D eigenvalue weighted by Crippen LogP contribution is 2.22. The van der Waals surface area contributed by atoms with Gasteiger partial charge < -0.3 is 9.74 Å². The van der Waals surface area contributed by atoms with Gasteiger partial charge in [-0.3, -0.25) is 15.0 Å². The molecule has 7 nitrogen and oxygen atoms in total. The molecule has 1 unspecified atom stereocenters. The quantitative estimate of drug-likeness (QED) is 0.601. The van der Waals surface area contributed by atoms with Crippen LogP contribution in [0.4, 0.5) is 11.4 Å². The molecule has 0 radical (unpaired) electrons. The van der Waals surface area contributed by atoms with Crippen LogP contribution in [0.3, 0.4) is 0 Å². The van der Waals surface area contributed by atoms with Crippen molar-refractivity contribution in [3.63, 3.8) is 0 Å². The Bertz CT molecular complexity index is 832. The number of oxime groups is 1. The van der Waals surface area contributed by atoms with Crippen LogP contribution in [-0.2, 0) is 4.84 Å². The summed E-state index contributed by atoms with van der Waals surface area (Å²) in [5.74, 6) is 0. The predicted octanol–water partition coefficient (Wildman–Crippen LogP) is 2.91. The fourth-order valence-corrected chi connectivity index (χ4v) is 3.61. The summed E-state index contributed by atoms with van der Waals surface area (Å²) in [4.78, 5) is 21.0. The van der Waals surface area contributed by atoms with Crippen molar-refractivity contribution in [2.75, 3.05) is 37.6 Å². The predicted molar refractivity (Wildman–Crippen MR) is 104 cm³/mol. The van der Waals surface area contributed by atoms with Gasteiger partial charge in [-0.05, 0) is 12.1 Å². The number of rotatable bonds is 5. The van der Waals surface area contributed by atoms with E-state index in [1.165, 1.54) is 11.8 Å². The first-order valence-corrected chi connectivity index (χ1v) is 9.19. The lowest BCUT2D eigenvalue weighted by atomic mass is 10.0. The molecule has 0 spiro atoms. The lowest BCUT2D eigenvalue weighted by molar-refractivity contribution is -0.384. The van der Waals surface area contributed by atoms with Gasteiger partial charge in [-0.2, -0.15) is 0 Å². The molecule has 2 aromatic rings. The van der Waals surface area contributed by atoms with Crippen LogP contribution in [0.25, 0.3) is 0 Å². The van der Waals surface area contributed by atoms with Gasteiger partial charge in [0, 0.05) is 62.5 Å². The average Bonchev–Trinajstić information content (AvgIpc) is 3.18. The molecule has 0 aromatic heterocycles. The van der Waals surface area contributed by atoms with E-state index in [2.05, 4.69) is 39.2 Å². The van der Waals surface area contributed by atoms with E-state index in [1.807, 2.05) is 12.1 Å². The first-order valence-electron chi connectivity index (χ1n) is 9.19. The topological polar surface area (TPSA) is 71.2 Å². The highest BCUT2D eigenvalue weighted by molar-refractivity contribution is 6.01. The van der Waals surface area contributed by atoms with Crippen molar-refractivity contribution in [3.8, 4) is 0 Å². The van der Waals surface area contributed by atoms with Crippen molar-refractivity contribution in [2.24, 2.45) is 5.16 Å². The normalized spacial score (nSPS) is 20.2. The highest BCUT2D eigenvalue weighted by Gasteiger charge is 2.27. The lowest BCUT2D eigenvalue weighted by Crippen LogP contribution is -2.48. The molecule has 2 aromatic carbocycles. The molecule has 0 N–H and O–H groups in total. The summed E-state index contributed by atoms with van der Waals surface area (Å²) in [5, 5.41) is 15.1. The maximum absolute atomic E-state index is 10.9. The van der Waals surface area contributed by atoms with Crippen LogP contribution >= 0.6 is 0 Å². The fraction of sp³-hybridized carbons (Fsp3) is 0.350. The zero-order chi connectivity index (χ0) is 18.6. The number of benzene rings is 2. The first-order chi connectivity index (χ1) is 13.2. The second-order valence-corrected chi connectivity index (χ2v) is 6.90. The third-order valence-electron chi connectivity index (χ3n) is 5.08. The molecule has 2 aliphatic heterocycles. The van der Waals surface area contributed by atoms with Crippen LogP contribution in [-0.4, -0.2) is 54.4 Å². The number of nitro benzene ring substituents is 1. The lowest BCUT2D eigenvalue weighted by Gasteiger charge is -2.36. The monoisotopic (exact) mass is 366 g/mol. The molecule has 2 aliphatic rings. The van der Waals surface area contributed by atoms with Gasteiger partial charge in [-0.25, -0.2) is 0 Å². The maximum atomic E-state index is 10.9. The van der Waals surface area contributed by atoms with E-state index in [4.69, 9.17) is 4.84 Å². The second-order valence-electron chi connectivity index (χ2n) is 6.90. The van der Waals surface area contributed by atoms with Crippen LogP contribution in [0.5, 0.6) is 0 Å². The molecule has 1 atom stereocenters. The van der Waals surface area contributed by atoms with E-state index in [0.717, 1.165) is 44.0 Å².